The fourth-order valence-corrected chi connectivity index (χ4v) is 4.08. The van der Waals surface area contributed by atoms with Crippen molar-refractivity contribution in [3.63, 3.8) is 0 Å². The average molecular weight is 585 g/mol. The lowest BCUT2D eigenvalue weighted by Crippen LogP contribution is -2.29. The third-order valence-electron chi connectivity index (χ3n) is 6.25. The molecular weight excluding hydrogens is 544 g/mol. The summed E-state index contributed by atoms with van der Waals surface area (Å²) >= 11 is 0. The van der Waals surface area contributed by atoms with Gasteiger partial charge in [0.2, 0.25) is 23.8 Å². The van der Waals surface area contributed by atoms with E-state index in [0.29, 0.717) is 70.5 Å². The van der Waals surface area contributed by atoms with Crippen molar-refractivity contribution in [3.05, 3.63) is 102 Å². The summed E-state index contributed by atoms with van der Waals surface area (Å²) in [5.41, 5.74) is 9.41. The molecule has 11 heteroatoms. The Kier molecular flexibility index (Phi) is 13.2. The molecule has 226 valence electrons. The van der Waals surface area contributed by atoms with Crippen molar-refractivity contribution in [3.8, 4) is 0 Å². The van der Waals surface area contributed by atoms with Gasteiger partial charge in [0, 0.05) is 31.9 Å². The molecule has 3 aromatic carbocycles. The van der Waals surface area contributed by atoms with Crippen LogP contribution >= 0.6 is 0 Å². The second-order valence-corrected chi connectivity index (χ2v) is 9.67. The molecule has 1 heterocycles. The summed E-state index contributed by atoms with van der Waals surface area (Å²) in [6.45, 7) is 4.11. The molecule has 0 saturated carbocycles. The molecule has 0 atom stereocenters. The highest BCUT2D eigenvalue weighted by molar-refractivity contribution is 5.78. The van der Waals surface area contributed by atoms with Gasteiger partial charge < -0.3 is 36.5 Å². The van der Waals surface area contributed by atoms with Gasteiger partial charge >= 0.3 is 0 Å². The number of aromatic nitrogens is 3. The van der Waals surface area contributed by atoms with Crippen molar-refractivity contribution in [2.45, 2.75) is 19.4 Å². The molecule has 11 nitrogen and oxygen atoms in total. The summed E-state index contributed by atoms with van der Waals surface area (Å²) in [5.74, 6) is 1.28. The molecule has 1 amide bonds. The fourth-order valence-electron chi connectivity index (χ4n) is 4.08. The second kappa shape index (κ2) is 18.1. The van der Waals surface area contributed by atoms with Gasteiger partial charge in [0.1, 0.15) is 0 Å². The predicted octanol–water partition coefficient (Wildman–Crippen LogP) is 3.53. The van der Waals surface area contributed by atoms with E-state index in [2.05, 4.69) is 48.4 Å². The third-order valence-corrected chi connectivity index (χ3v) is 6.25. The van der Waals surface area contributed by atoms with Crippen LogP contribution in [-0.4, -0.2) is 66.9 Å². The minimum Gasteiger partial charge on any atom is -0.378 e. The summed E-state index contributed by atoms with van der Waals surface area (Å²) < 4.78 is 10.7. The molecule has 0 unspecified atom stereocenters. The van der Waals surface area contributed by atoms with E-state index in [1.807, 2.05) is 72.8 Å². The molecular formula is C32H40N8O3. The van der Waals surface area contributed by atoms with E-state index in [1.54, 1.807) is 0 Å². The van der Waals surface area contributed by atoms with Crippen LogP contribution in [0.1, 0.15) is 16.7 Å². The molecule has 0 aliphatic rings. The molecule has 6 N–H and O–H groups in total. The molecule has 0 bridgehead atoms. The van der Waals surface area contributed by atoms with E-state index in [4.69, 9.17) is 15.2 Å². The molecule has 4 rings (SSSR count). The molecule has 0 fully saturated rings. The average Bonchev–Trinajstić information content (AvgIpc) is 3.03. The summed E-state index contributed by atoms with van der Waals surface area (Å²) in [6, 6.07) is 27.9. The van der Waals surface area contributed by atoms with Gasteiger partial charge in [-0.3, -0.25) is 4.79 Å². The summed E-state index contributed by atoms with van der Waals surface area (Å²) in [6.07, 6.45) is 1.11. The van der Waals surface area contributed by atoms with Gasteiger partial charge in [-0.05, 0) is 35.2 Å². The zero-order chi connectivity index (χ0) is 30.0. The summed E-state index contributed by atoms with van der Waals surface area (Å²) in [5, 5.41) is 12.7. The topological polar surface area (TPSA) is 148 Å². The first-order chi connectivity index (χ1) is 21.2. The maximum Gasteiger partial charge on any atom is 0.233 e. The highest BCUT2D eigenvalue weighted by Gasteiger charge is 2.09. The highest BCUT2D eigenvalue weighted by atomic mass is 16.5. The van der Waals surface area contributed by atoms with Crippen molar-refractivity contribution in [1.82, 2.24) is 20.3 Å². The quantitative estimate of drug-likeness (QED) is 0.104. The number of nitrogens with two attached hydrogens (primary N) is 1. The van der Waals surface area contributed by atoms with Crippen LogP contribution in [0.3, 0.4) is 0 Å². The van der Waals surface area contributed by atoms with Gasteiger partial charge in [-0.25, -0.2) is 0 Å². The van der Waals surface area contributed by atoms with E-state index in [0.717, 1.165) is 23.2 Å². The second-order valence-electron chi connectivity index (χ2n) is 9.67. The lowest BCUT2D eigenvalue weighted by atomic mass is 10.1. The number of rotatable bonds is 19. The Morgan fingerprint density at radius 1 is 0.651 bits per heavy atom. The van der Waals surface area contributed by atoms with E-state index in [9.17, 15) is 4.79 Å². The molecule has 0 aliphatic heterocycles. The molecule has 43 heavy (non-hydrogen) atoms. The van der Waals surface area contributed by atoms with E-state index < -0.39 is 0 Å². The lowest BCUT2D eigenvalue weighted by molar-refractivity contribution is -0.120. The number of hydrogen-bond acceptors (Lipinski definition) is 10. The summed E-state index contributed by atoms with van der Waals surface area (Å²) in [7, 11) is 0. The van der Waals surface area contributed by atoms with Gasteiger partial charge in [-0.2, -0.15) is 15.0 Å². The van der Waals surface area contributed by atoms with Gasteiger partial charge in [0.15, 0.2) is 0 Å². The van der Waals surface area contributed by atoms with Crippen LogP contribution in [0, 0.1) is 0 Å². The number of nitrogens with zero attached hydrogens (tertiary/aromatic N) is 3. The Hall–Kier alpha value is -4.58. The molecule has 4 aromatic rings. The first-order valence-corrected chi connectivity index (χ1v) is 14.5. The first-order valence-electron chi connectivity index (χ1n) is 14.5. The van der Waals surface area contributed by atoms with Gasteiger partial charge in [-0.1, -0.05) is 72.8 Å². The van der Waals surface area contributed by atoms with Gasteiger partial charge in [0.05, 0.1) is 32.8 Å². The van der Waals surface area contributed by atoms with E-state index in [-0.39, 0.29) is 12.3 Å². The number of nitrogens with one attached hydrogen (secondary N) is 4. The Bertz CT molecular complexity index is 1360. The molecule has 0 radical (unpaired) electrons. The number of ether oxygens (including phenoxy) is 2. The Morgan fingerprint density at radius 3 is 1.98 bits per heavy atom. The van der Waals surface area contributed by atoms with Crippen LogP contribution in [-0.2, 0) is 33.7 Å². The first kappa shape index (κ1) is 31.4. The normalized spacial score (nSPS) is 10.7. The minimum absolute atomic E-state index is 0.0680. The zero-order valence-electron chi connectivity index (χ0n) is 24.3. The Balaban J connectivity index is 1.30. The van der Waals surface area contributed by atoms with Crippen LogP contribution in [0.15, 0.2) is 84.9 Å². The van der Waals surface area contributed by atoms with Crippen molar-refractivity contribution < 1.29 is 14.3 Å². The third kappa shape index (κ3) is 12.0. The number of carbonyl (C=O) groups excluding carboxylic acids is 1. The van der Waals surface area contributed by atoms with Crippen LogP contribution in [0.25, 0.3) is 0 Å². The Morgan fingerprint density at radius 2 is 1.28 bits per heavy atom. The molecule has 0 saturated heterocycles. The fraction of sp³-hybridized carbons (Fsp3) is 0.312. The van der Waals surface area contributed by atoms with E-state index >= 15 is 0 Å². The number of hydrogen-bond donors (Lipinski definition) is 5. The van der Waals surface area contributed by atoms with Crippen LogP contribution < -0.4 is 27.0 Å². The maximum absolute atomic E-state index is 12.3. The molecule has 1 aromatic heterocycles. The summed E-state index contributed by atoms with van der Waals surface area (Å²) in [4.78, 5) is 26.0. The SMILES string of the molecule is NCCOCCOCCNC(=O)Cc1ccc(Nc2nc(NCCc3ccccc3)nc(NCc3ccccc3)n2)cc1. The van der Waals surface area contributed by atoms with Crippen molar-refractivity contribution in [2.75, 3.05) is 62.0 Å². The van der Waals surface area contributed by atoms with Crippen LogP contribution in [0.5, 0.6) is 0 Å². The monoisotopic (exact) mass is 584 g/mol. The van der Waals surface area contributed by atoms with Gasteiger partial charge in [0.25, 0.3) is 0 Å². The number of carbonyl (C=O) groups is 1. The Labute approximate surface area is 252 Å². The van der Waals surface area contributed by atoms with Gasteiger partial charge in [-0.15, -0.1) is 0 Å². The van der Waals surface area contributed by atoms with Crippen LogP contribution in [0.2, 0.25) is 0 Å². The minimum atomic E-state index is -0.0680. The molecule has 0 aliphatic carbocycles. The standard InChI is InChI=1S/C32H40N8O3/c33-16-19-42-21-22-43-20-18-34-29(41)23-26-11-13-28(14-12-26)37-32-39-30(35-17-15-25-7-3-1-4-8-25)38-31(40-32)36-24-27-9-5-2-6-10-27/h1-14H,15-24,33H2,(H,34,41)(H3,35,36,37,38,39,40). The predicted molar refractivity (Wildman–Crippen MR) is 169 cm³/mol. The van der Waals surface area contributed by atoms with Crippen molar-refractivity contribution in [1.29, 1.82) is 0 Å². The zero-order valence-corrected chi connectivity index (χ0v) is 24.3. The van der Waals surface area contributed by atoms with E-state index in [1.165, 1.54) is 5.56 Å². The van der Waals surface area contributed by atoms with Crippen molar-refractivity contribution >= 4 is 29.4 Å². The number of amides is 1. The number of anilines is 4. The van der Waals surface area contributed by atoms with Crippen molar-refractivity contribution in [2.24, 2.45) is 5.73 Å². The highest BCUT2D eigenvalue weighted by Crippen LogP contribution is 2.18. The lowest BCUT2D eigenvalue weighted by Gasteiger charge is -2.12. The van der Waals surface area contributed by atoms with Crippen LogP contribution in [0.4, 0.5) is 23.5 Å². The number of benzene rings is 3. The maximum atomic E-state index is 12.3. The largest absolute Gasteiger partial charge is 0.378 e. The smallest absolute Gasteiger partial charge is 0.233 e. The molecule has 0 spiro atoms.